The lowest BCUT2D eigenvalue weighted by Crippen LogP contribution is -2.37. The molecular formula is C12H11ClF4O. The molecule has 0 spiro atoms. The van der Waals surface area contributed by atoms with E-state index in [-0.39, 0.29) is 5.56 Å². The van der Waals surface area contributed by atoms with Gasteiger partial charge in [-0.25, -0.2) is 4.39 Å². The van der Waals surface area contributed by atoms with E-state index in [1.165, 1.54) is 6.92 Å². The summed E-state index contributed by atoms with van der Waals surface area (Å²) in [5.41, 5.74) is -2.39. The van der Waals surface area contributed by atoms with Gasteiger partial charge in [-0.2, -0.15) is 13.2 Å². The van der Waals surface area contributed by atoms with Gasteiger partial charge >= 0.3 is 6.18 Å². The number of carbonyl (C=O) groups excluding carboxylic acids is 1. The first kappa shape index (κ1) is 15.0. The molecule has 1 aromatic rings. The molecule has 0 saturated heterocycles. The molecule has 1 nitrogen and oxygen atoms in total. The second kappa shape index (κ2) is 4.88. The lowest BCUT2D eigenvalue weighted by atomic mass is 9.79. The zero-order chi connectivity index (χ0) is 14.1. The van der Waals surface area contributed by atoms with Gasteiger partial charge < -0.3 is 0 Å². The van der Waals surface area contributed by atoms with E-state index in [4.69, 9.17) is 11.6 Å². The lowest BCUT2D eigenvalue weighted by Gasteiger charge is -2.27. The van der Waals surface area contributed by atoms with Crippen molar-refractivity contribution in [2.24, 2.45) is 0 Å². The van der Waals surface area contributed by atoms with Crippen LogP contribution in [0.15, 0.2) is 24.3 Å². The van der Waals surface area contributed by atoms with Crippen LogP contribution in [0.25, 0.3) is 0 Å². The first-order valence-electron chi connectivity index (χ1n) is 5.12. The Morgan fingerprint density at radius 3 is 1.83 bits per heavy atom. The molecule has 1 rings (SSSR count). The van der Waals surface area contributed by atoms with Crippen LogP contribution in [0.3, 0.4) is 0 Å². The van der Waals surface area contributed by atoms with Gasteiger partial charge in [0.05, 0.1) is 11.0 Å². The van der Waals surface area contributed by atoms with Crippen molar-refractivity contribution in [2.75, 3.05) is 0 Å². The fourth-order valence-electron chi connectivity index (χ4n) is 1.50. The van der Waals surface area contributed by atoms with Crippen LogP contribution in [0.2, 0.25) is 0 Å². The van der Waals surface area contributed by atoms with E-state index in [9.17, 15) is 22.4 Å². The average Bonchev–Trinajstić information content (AvgIpc) is 2.26. The molecule has 6 heteroatoms. The maximum absolute atomic E-state index is 13.5. The summed E-state index contributed by atoms with van der Waals surface area (Å²) in [4.78, 5) is 11.3. The highest BCUT2D eigenvalue weighted by Crippen LogP contribution is 2.35. The minimum atomic E-state index is -4.47. The van der Waals surface area contributed by atoms with Gasteiger partial charge in [-0.15, -0.1) is 0 Å². The highest BCUT2D eigenvalue weighted by molar-refractivity contribution is 6.65. The number of carbonyl (C=O) groups is 1. The topological polar surface area (TPSA) is 17.1 Å². The molecule has 100 valence electrons. The number of benzene rings is 1. The minimum Gasteiger partial charge on any atom is -0.280 e. The van der Waals surface area contributed by atoms with E-state index in [1.54, 1.807) is 0 Å². The van der Waals surface area contributed by atoms with Crippen LogP contribution in [0.4, 0.5) is 17.6 Å². The van der Waals surface area contributed by atoms with Gasteiger partial charge in [0.2, 0.25) is 5.24 Å². The van der Waals surface area contributed by atoms with Crippen molar-refractivity contribution < 1.29 is 22.4 Å². The van der Waals surface area contributed by atoms with Crippen molar-refractivity contribution in [1.82, 2.24) is 0 Å². The Kier molecular flexibility index (Phi) is 4.05. The van der Waals surface area contributed by atoms with Crippen molar-refractivity contribution in [3.63, 3.8) is 0 Å². The van der Waals surface area contributed by atoms with Crippen LogP contribution in [0.1, 0.15) is 25.0 Å². The van der Waals surface area contributed by atoms with Crippen LogP contribution in [0.5, 0.6) is 0 Å². The highest BCUT2D eigenvalue weighted by atomic mass is 35.5. The molecule has 0 N–H and O–H groups in total. The van der Waals surface area contributed by atoms with Crippen molar-refractivity contribution in [3.8, 4) is 0 Å². The largest absolute Gasteiger partial charge is 0.416 e. The Morgan fingerprint density at radius 1 is 1.17 bits per heavy atom. The summed E-state index contributed by atoms with van der Waals surface area (Å²) in [7, 11) is 0. The van der Waals surface area contributed by atoms with E-state index in [0.29, 0.717) is 0 Å². The molecule has 0 aliphatic carbocycles. The molecule has 0 fully saturated rings. The third-order valence-corrected chi connectivity index (χ3v) is 3.41. The van der Waals surface area contributed by atoms with Crippen LogP contribution in [-0.4, -0.2) is 11.4 Å². The molecule has 0 aliphatic rings. The van der Waals surface area contributed by atoms with Gasteiger partial charge in [0.1, 0.15) is 6.17 Å². The number of hydrogen-bond donors (Lipinski definition) is 0. The lowest BCUT2D eigenvalue weighted by molar-refractivity contribution is -0.137. The van der Waals surface area contributed by atoms with Gasteiger partial charge in [-0.1, -0.05) is 12.1 Å². The number of rotatable bonds is 3. The summed E-state index contributed by atoms with van der Waals surface area (Å²) in [6, 6.07) is 3.74. The molecule has 18 heavy (non-hydrogen) atoms. The zero-order valence-corrected chi connectivity index (χ0v) is 10.4. The predicted molar refractivity (Wildman–Crippen MR) is 60.2 cm³/mol. The molecule has 2 unspecified atom stereocenters. The predicted octanol–water partition coefficient (Wildman–Crippen LogP) is 4.09. The Bertz CT molecular complexity index is 438. The van der Waals surface area contributed by atoms with Gasteiger partial charge in [-0.3, -0.25) is 4.79 Å². The molecule has 0 heterocycles. The third-order valence-electron chi connectivity index (χ3n) is 3.02. The normalized spacial score (nSPS) is 17.1. The van der Waals surface area contributed by atoms with Crippen molar-refractivity contribution >= 4 is 16.8 Å². The second-order valence-corrected chi connectivity index (χ2v) is 4.51. The molecule has 0 saturated carbocycles. The van der Waals surface area contributed by atoms with Gasteiger partial charge in [0.15, 0.2) is 0 Å². The van der Waals surface area contributed by atoms with Crippen LogP contribution < -0.4 is 0 Å². The Morgan fingerprint density at radius 2 is 1.56 bits per heavy atom. The van der Waals surface area contributed by atoms with Crippen LogP contribution in [-0.2, 0) is 16.4 Å². The fraction of sp³-hybridized carbons (Fsp3) is 0.417. The molecule has 1 aromatic carbocycles. The summed E-state index contributed by atoms with van der Waals surface area (Å²) >= 11 is 5.34. The summed E-state index contributed by atoms with van der Waals surface area (Å²) < 4.78 is 50.6. The van der Waals surface area contributed by atoms with E-state index in [1.807, 2.05) is 0 Å². The average molecular weight is 283 g/mol. The summed E-state index contributed by atoms with van der Waals surface area (Å²) in [5.74, 6) is 0. The number of halogens is 5. The molecule has 0 radical (unpaired) electrons. The molecular weight excluding hydrogens is 272 g/mol. The van der Waals surface area contributed by atoms with Crippen LogP contribution in [0, 0.1) is 0 Å². The monoisotopic (exact) mass is 282 g/mol. The number of alkyl halides is 4. The molecule has 0 bridgehead atoms. The first-order chi connectivity index (χ1) is 8.10. The third kappa shape index (κ3) is 2.66. The summed E-state index contributed by atoms with van der Waals surface area (Å²) in [6.07, 6.45) is -6.08. The maximum atomic E-state index is 13.5. The van der Waals surface area contributed by atoms with Gasteiger partial charge in [-0.05, 0) is 43.1 Å². The molecule has 0 aromatic heterocycles. The van der Waals surface area contributed by atoms with Crippen molar-refractivity contribution in [1.29, 1.82) is 0 Å². The quantitative estimate of drug-likeness (QED) is 0.603. The van der Waals surface area contributed by atoms with Crippen LogP contribution >= 0.6 is 11.6 Å². The minimum absolute atomic E-state index is 0.116. The first-order valence-corrected chi connectivity index (χ1v) is 5.49. The Hall–Kier alpha value is -1.10. The van der Waals surface area contributed by atoms with E-state index >= 15 is 0 Å². The molecule has 0 aliphatic heterocycles. The molecule has 0 amide bonds. The number of hydrogen-bond acceptors (Lipinski definition) is 1. The summed E-state index contributed by atoms with van der Waals surface area (Å²) in [6.45, 7) is 2.40. The molecule has 2 atom stereocenters. The fourth-order valence-corrected chi connectivity index (χ4v) is 1.76. The Balaban J connectivity index is 3.22. The second-order valence-electron chi connectivity index (χ2n) is 4.17. The standard InChI is InChI=1S/C12H11ClF4O/c1-7(14)11(2,10(13)18)8-3-5-9(6-4-8)12(15,16)17/h3-7H,1-2H3. The van der Waals surface area contributed by atoms with Crippen molar-refractivity contribution in [3.05, 3.63) is 35.4 Å². The smallest absolute Gasteiger partial charge is 0.280 e. The SMILES string of the molecule is CC(F)C(C)(C(=O)Cl)c1ccc(C(F)(F)F)cc1. The van der Waals surface area contributed by atoms with E-state index in [0.717, 1.165) is 31.2 Å². The van der Waals surface area contributed by atoms with E-state index < -0.39 is 28.6 Å². The highest BCUT2D eigenvalue weighted by Gasteiger charge is 2.40. The van der Waals surface area contributed by atoms with E-state index in [2.05, 4.69) is 0 Å². The Labute approximate surface area is 107 Å². The van der Waals surface area contributed by atoms with Gasteiger partial charge in [0, 0.05) is 0 Å². The summed E-state index contributed by atoms with van der Waals surface area (Å²) in [5, 5.41) is -0.947. The zero-order valence-electron chi connectivity index (χ0n) is 9.68. The van der Waals surface area contributed by atoms with Crippen molar-refractivity contribution in [2.45, 2.75) is 31.6 Å². The van der Waals surface area contributed by atoms with Gasteiger partial charge in [0.25, 0.3) is 0 Å². The maximum Gasteiger partial charge on any atom is 0.416 e.